The first-order valence-corrected chi connectivity index (χ1v) is 9.04. The summed E-state index contributed by atoms with van der Waals surface area (Å²) in [6, 6.07) is 8.16. The third-order valence-electron chi connectivity index (χ3n) is 1.32. The van der Waals surface area contributed by atoms with Gasteiger partial charge in [-0.05, 0) is 54.9 Å². The molecule has 0 aliphatic carbocycles. The van der Waals surface area contributed by atoms with E-state index >= 15 is 0 Å². The van der Waals surface area contributed by atoms with Crippen LogP contribution in [-0.4, -0.2) is 0 Å². The van der Waals surface area contributed by atoms with Crippen LogP contribution in [0.3, 0.4) is 0 Å². The molecule has 0 bridgehead atoms. The highest BCUT2D eigenvalue weighted by atomic mass is 36.4. The Balaban J connectivity index is 3.38. The van der Waals surface area contributed by atoms with Gasteiger partial charge in [0, 0.05) is 4.90 Å². The average Bonchev–Trinajstić information content (AvgIpc) is 2.05. The summed E-state index contributed by atoms with van der Waals surface area (Å²) in [4.78, 5) is 0.226. The van der Waals surface area contributed by atoms with E-state index in [1.165, 1.54) is 12.1 Å². The Morgan fingerprint density at radius 2 is 1.38 bits per heavy atom. The minimum Gasteiger partial charge on any atom is -0.192 e. The number of halogens is 5. The average molecular weight is 302 g/mol. The second-order valence-electron chi connectivity index (χ2n) is 2.37. The van der Waals surface area contributed by atoms with E-state index in [9.17, 15) is 0 Å². The van der Waals surface area contributed by atoms with Gasteiger partial charge in [-0.2, -0.15) is 3.74 Å². The van der Waals surface area contributed by atoms with Gasteiger partial charge in [-0.25, -0.2) is 0 Å². The third kappa shape index (κ3) is 2.72. The number of hydrogen-bond donors (Lipinski definition) is 0. The molecule has 0 fully saturated rings. The van der Waals surface area contributed by atoms with Gasteiger partial charge in [-0.15, -0.1) is 0 Å². The van der Waals surface area contributed by atoms with Crippen molar-refractivity contribution in [2.24, 2.45) is 0 Å². The van der Waals surface area contributed by atoms with Gasteiger partial charge in [0.2, 0.25) is 0 Å². The first-order chi connectivity index (χ1) is 5.68. The Hall–Kier alpha value is 0.980. The molecule has 76 valence electrons. The Labute approximate surface area is 98.5 Å². The monoisotopic (exact) mass is 300 g/mol. The second kappa shape index (κ2) is 2.99. The summed E-state index contributed by atoms with van der Waals surface area (Å²) < 4.78 is 4.35. The minimum atomic E-state index is -4.80. The lowest BCUT2D eigenvalue weighted by Gasteiger charge is -2.53. The third-order valence-corrected chi connectivity index (χ3v) is 7.37. The van der Waals surface area contributed by atoms with Crippen molar-refractivity contribution in [3.8, 4) is 0 Å². The minimum absolute atomic E-state index is 0.226. The largest absolute Gasteiger partial charge is 0.192 e. The molecule has 0 saturated carbocycles. The summed E-state index contributed by atoms with van der Waals surface area (Å²) in [6.07, 6.45) is 0. The number of hydrogen-bond acceptors (Lipinski definition) is 1. The molecule has 0 aliphatic rings. The summed E-state index contributed by atoms with van der Waals surface area (Å²) in [5, 5.41) is 0. The van der Waals surface area contributed by atoms with E-state index in [0.29, 0.717) is 0 Å². The summed E-state index contributed by atoms with van der Waals surface area (Å²) in [5.41, 5.74) is -4.80. The fourth-order valence-corrected chi connectivity index (χ4v) is 2.92. The Bertz CT molecular complexity index is 317. The molecule has 0 unspecified atom stereocenters. The smallest absolute Gasteiger partial charge is 0.0774 e. The van der Waals surface area contributed by atoms with Gasteiger partial charge in [0.1, 0.15) is 0 Å². The van der Waals surface area contributed by atoms with E-state index in [1.54, 1.807) is 18.2 Å². The van der Waals surface area contributed by atoms with Gasteiger partial charge in [0.15, 0.2) is 0 Å². The van der Waals surface area contributed by atoms with Crippen LogP contribution in [0, 0.1) is 0 Å². The molecule has 0 heterocycles. The van der Waals surface area contributed by atoms with Crippen molar-refractivity contribution in [1.82, 2.24) is 0 Å². The number of rotatable bonds is 2. The molecular weight excluding hydrogens is 297 g/mol. The van der Waals surface area contributed by atoms with Gasteiger partial charge >= 0.3 is 0 Å². The molecule has 0 N–H and O–H groups in total. The van der Waals surface area contributed by atoms with E-state index < -0.39 is 5.43 Å². The highest BCUT2D eigenvalue weighted by Crippen LogP contribution is 3.10. The number of benzene rings is 1. The van der Waals surface area contributed by atoms with Crippen LogP contribution >= 0.6 is 60.0 Å². The topological polar surface area (TPSA) is 9.23 Å². The lowest BCUT2D eigenvalue weighted by atomic mass is 10.4. The fourth-order valence-electron chi connectivity index (χ4n) is 0.718. The first kappa shape index (κ1) is 12.1. The maximum Gasteiger partial charge on any atom is 0.0774 e. The van der Waals surface area contributed by atoms with Crippen LogP contribution in [0.1, 0.15) is 0 Å². The lowest BCUT2D eigenvalue weighted by molar-refractivity contribution is 0.706. The van der Waals surface area contributed by atoms with Gasteiger partial charge in [0.25, 0.3) is 0 Å². The van der Waals surface area contributed by atoms with Crippen molar-refractivity contribution in [3.05, 3.63) is 30.3 Å². The highest BCUT2D eigenvalue weighted by Gasteiger charge is 2.57. The summed E-state index contributed by atoms with van der Waals surface area (Å²) in [6.45, 7) is 0. The fraction of sp³-hybridized carbons (Fsp3) is 0. The summed E-state index contributed by atoms with van der Waals surface area (Å²) in [5.74, 6) is 0. The molecule has 13 heavy (non-hydrogen) atoms. The van der Waals surface area contributed by atoms with E-state index in [-0.39, 0.29) is 4.90 Å². The van der Waals surface area contributed by atoms with Gasteiger partial charge in [-0.3, -0.25) is 0 Å². The zero-order valence-corrected chi connectivity index (χ0v) is 10.7. The maximum atomic E-state index is 5.82. The predicted molar refractivity (Wildman–Crippen MR) is 62.6 cm³/mol. The highest BCUT2D eigenvalue weighted by molar-refractivity contribution is 9.11. The predicted octanol–water partition coefficient (Wildman–Crippen LogP) is 5.62. The van der Waals surface area contributed by atoms with E-state index in [0.717, 1.165) is 0 Å². The van der Waals surface area contributed by atoms with Crippen molar-refractivity contribution >= 4 is 60.0 Å². The van der Waals surface area contributed by atoms with Gasteiger partial charge in [-0.1, -0.05) is 18.2 Å². The summed E-state index contributed by atoms with van der Waals surface area (Å²) in [7, 11) is 23.3. The molecule has 1 rings (SSSR count). The standard InChI is InChI=1S/C6H5Cl5OS/c7-12-13(8,9,10,11)6-4-2-1-3-5-6/h1-5H. The zero-order valence-electron chi connectivity index (χ0n) is 6.09. The molecule has 0 aromatic heterocycles. The maximum absolute atomic E-state index is 5.82. The quantitative estimate of drug-likeness (QED) is 0.688. The van der Waals surface area contributed by atoms with Crippen molar-refractivity contribution in [2.45, 2.75) is 4.90 Å². The Morgan fingerprint density at radius 3 is 1.77 bits per heavy atom. The van der Waals surface area contributed by atoms with Crippen LogP contribution in [0.2, 0.25) is 0 Å². The van der Waals surface area contributed by atoms with E-state index in [4.69, 9.17) is 54.6 Å². The second-order valence-corrected chi connectivity index (χ2v) is 17.1. The molecule has 0 atom stereocenters. The van der Waals surface area contributed by atoms with Gasteiger partial charge in [0.05, 0.1) is 17.3 Å². The molecule has 0 amide bonds. The van der Waals surface area contributed by atoms with Crippen LogP contribution in [0.5, 0.6) is 0 Å². The van der Waals surface area contributed by atoms with Crippen molar-refractivity contribution in [2.75, 3.05) is 0 Å². The van der Waals surface area contributed by atoms with Crippen LogP contribution in [-0.2, 0) is 3.74 Å². The van der Waals surface area contributed by atoms with Crippen molar-refractivity contribution < 1.29 is 3.74 Å². The molecule has 1 aromatic carbocycles. The van der Waals surface area contributed by atoms with E-state index in [1.807, 2.05) is 0 Å². The van der Waals surface area contributed by atoms with Crippen LogP contribution in [0.4, 0.5) is 0 Å². The molecule has 0 aliphatic heterocycles. The lowest BCUT2D eigenvalue weighted by Crippen LogP contribution is -2.07. The van der Waals surface area contributed by atoms with Gasteiger partial charge < -0.3 is 0 Å². The van der Waals surface area contributed by atoms with Crippen molar-refractivity contribution in [3.63, 3.8) is 0 Å². The first-order valence-electron chi connectivity index (χ1n) is 3.05. The SMILES string of the molecule is ClOS(Cl)(Cl)(Cl)(Cl)c1ccccc1. The van der Waals surface area contributed by atoms with Crippen molar-refractivity contribution in [1.29, 1.82) is 0 Å². The molecular formula is C6H5Cl5OS. The molecule has 7 heteroatoms. The summed E-state index contributed by atoms with van der Waals surface area (Å²) >= 11 is 5.13. The van der Waals surface area contributed by atoms with Crippen LogP contribution in [0.25, 0.3) is 0 Å². The molecule has 0 radical (unpaired) electrons. The molecule has 0 saturated heterocycles. The Morgan fingerprint density at radius 1 is 0.923 bits per heavy atom. The van der Waals surface area contributed by atoms with Crippen LogP contribution < -0.4 is 0 Å². The Kier molecular flexibility index (Phi) is 2.77. The van der Waals surface area contributed by atoms with E-state index in [2.05, 4.69) is 3.74 Å². The normalized spacial score (nSPS) is 17.6. The van der Waals surface area contributed by atoms with Crippen LogP contribution in [0.15, 0.2) is 35.2 Å². The molecule has 0 spiro atoms. The molecule has 1 aromatic rings. The molecule has 1 nitrogen and oxygen atoms in total. The zero-order chi connectivity index (χ0) is 10.2.